The average molecular weight is 243 g/mol. The third kappa shape index (κ3) is 2.14. The van der Waals surface area contributed by atoms with Crippen molar-refractivity contribution in [2.45, 2.75) is 20.3 Å². The molecular formula is C12H15ClO3. The van der Waals surface area contributed by atoms with Crippen molar-refractivity contribution in [3.05, 3.63) is 22.2 Å². The van der Waals surface area contributed by atoms with Crippen molar-refractivity contribution >= 4 is 17.4 Å². The largest absolute Gasteiger partial charge is 0.493 e. The van der Waals surface area contributed by atoms with E-state index in [0.29, 0.717) is 28.5 Å². The van der Waals surface area contributed by atoms with Crippen LogP contribution in [-0.2, 0) is 6.42 Å². The minimum absolute atomic E-state index is 0.0281. The standard InChI is InChI=1S/C12H15ClO3/c1-5-8-9(7(2)14)6-10(15-3)12(16-4)11(8)13/h6H,5H2,1-4H3. The summed E-state index contributed by atoms with van der Waals surface area (Å²) >= 11 is 6.18. The minimum atomic E-state index is -0.0281. The van der Waals surface area contributed by atoms with Crippen LogP contribution in [0.3, 0.4) is 0 Å². The molecule has 0 spiro atoms. The molecule has 0 aliphatic heterocycles. The van der Waals surface area contributed by atoms with Gasteiger partial charge in [0.25, 0.3) is 0 Å². The Hall–Kier alpha value is -1.22. The van der Waals surface area contributed by atoms with E-state index in [1.807, 2.05) is 6.92 Å². The van der Waals surface area contributed by atoms with Gasteiger partial charge < -0.3 is 9.47 Å². The van der Waals surface area contributed by atoms with Gasteiger partial charge in [-0.1, -0.05) is 18.5 Å². The van der Waals surface area contributed by atoms with Crippen LogP contribution in [-0.4, -0.2) is 20.0 Å². The van der Waals surface area contributed by atoms with Crippen molar-refractivity contribution in [3.8, 4) is 11.5 Å². The van der Waals surface area contributed by atoms with Gasteiger partial charge in [0.05, 0.1) is 19.2 Å². The van der Waals surface area contributed by atoms with Gasteiger partial charge in [-0.05, 0) is 25.0 Å². The molecule has 1 rings (SSSR count). The van der Waals surface area contributed by atoms with Crippen LogP contribution in [0.4, 0.5) is 0 Å². The minimum Gasteiger partial charge on any atom is -0.493 e. The van der Waals surface area contributed by atoms with E-state index in [0.717, 1.165) is 5.56 Å². The molecule has 0 saturated heterocycles. The lowest BCUT2D eigenvalue weighted by Gasteiger charge is -2.15. The molecule has 0 N–H and O–H groups in total. The number of Topliss-reactive ketones (excluding diaryl/α,β-unsaturated/α-hetero) is 1. The summed E-state index contributed by atoms with van der Waals surface area (Å²) < 4.78 is 10.3. The number of hydrogen-bond acceptors (Lipinski definition) is 3. The fourth-order valence-corrected chi connectivity index (χ4v) is 2.05. The van der Waals surface area contributed by atoms with E-state index in [-0.39, 0.29) is 5.78 Å². The highest BCUT2D eigenvalue weighted by Crippen LogP contribution is 2.39. The summed E-state index contributed by atoms with van der Waals surface area (Å²) in [6, 6.07) is 1.67. The lowest BCUT2D eigenvalue weighted by Crippen LogP contribution is -2.03. The quantitative estimate of drug-likeness (QED) is 0.761. The Balaban J connectivity index is 3.54. The molecule has 0 aromatic heterocycles. The van der Waals surface area contributed by atoms with Crippen LogP contribution >= 0.6 is 11.6 Å². The van der Waals surface area contributed by atoms with Gasteiger partial charge in [0.1, 0.15) is 0 Å². The van der Waals surface area contributed by atoms with Crippen LogP contribution in [0.2, 0.25) is 5.02 Å². The topological polar surface area (TPSA) is 35.5 Å². The second-order valence-electron chi connectivity index (χ2n) is 3.36. The van der Waals surface area contributed by atoms with E-state index in [1.54, 1.807) is 6.07 Å². The monoisotopic (exact) mass is 242 g/mol. The molecule has 0 aliphatic rings. The number of benzene rings is 1. The number of methoxy groups -OCH3 is 2. The first-order valence-corrected chi connectivity index (χ1v) is 5.38. The Labute approximate surface area is 100 Å². The molecule has 1 aromatic carbocycles. The van der Waals surface area contributed by atoms with E-state index < -0.39 is 0 Å². The average Bonchev–Trinajstić information content (AvgIpc) is 2.27. The normalized spacial score (nSPS) is 10.1. The Morgan fingerprint density at radius 3 is 2.38 bits per heavy atom. The van der Waals surface area contributed by atoms with Crippen molar-refractivity contribution in [2.75, 3.05) is 14.2 Å². The predicted molar refractivity (Wildman–Crippen MR) is 63.9 cm³/mol. The van der Waals surface area contributed by atoms with E-state index in [9.17, 15) is 4.79 Å². The lowest BCUT2D eigenvalue weighted by molar-refractivity contribution is 0.101. The Morgan fingerprint density at radius 2 is 2.00 bits per heavy atom. The van der Waals surface area contributed by atoms with Crippen LogP contribution in [0.15, 0.2) is 6.07 Å². The first-order chi connectivity index (χ1) is 7.56. The van der Waals surface area contributed by atoms with Gasteiger partial charge >= 0.3 is 0 Å². The maximum absolute atomic E-state index is 11.5. The summed E-state index contributed by atoms with van der Waals surface area (Å²) in [4.78, 5) is 11.5. The SMILES string of the molecule is CCc1c(C(C)=O)cc(OC)c(OC)c1Cl. The second-order valence-corrected chi connectivity index (χ2v) is 3.74. The van der Waals surface area contributed by atoms with Crippen LogP contribution in [0.1, 0.15) is 29.8 Å². The van der Waals surface area contributed by atoms with Gasteiger partial charge in [-0.3, -0.25) is 4.79 Å². The van der Waals surface area contributed by atoms with Crippen LogP contribution < -0.4 is 9.47 Å². The van der Waals surface area contributed by atoms with Crippen LogP contribution in [0.25, 0.3) is 0 Å². The summed E-state index contributed by atoms with van der Waals surface area (Å²) in [5.74, 6) is 0.931. The van der Waals surface area contributed by atoms with Gasteiger partial charge in [0.2, 0.25) is 0 Å². The highest BCUT2D eigenvalue weighted by Gasteiger charge is 2.18. The first-order valence-electron chi connectivity index (χ1n) is 5.01. The van der Waals surface area contributed by atoms with Gasteiger partial charge in [0.15, 0.2) is 17.3 Å². The number of hydrogen-bond donors (Lipinski definition) is 0. The molecule has 0 fully saturated rings. The van der Waals surface area contributed by atoms with Crippen molar-refractivity contribution in [2.24, 2.45) is 0 Å². The number of ether oxygens (including phenoxy) is 2. The first kappa shape index (κ1) is 12.8. The molecule has 0 amide bonds. The Bertz CT molecular complexity index is 413. The van der Waals surface area contributed by atoms with Gasteiger partial charge in [-0.2, -0.15) is 0 Å². The van der Waals surface area contributed by atoms with Gasteiger partial charge in [-0.25, -0.2) is 0 Å². The molecule has 16 heavy (non-hydrogen) atoms. The molecule has 0 aliphatic carbocycles. The molecule has 4 heteroatoms. The fourth-order valence-electron chi connectivity index (χ4n) is 1.65. The predicted octanol–water partition coefficient (Wildman–Crippen LogP) is 3.12. The summed E-state index contributed by atoms with van der Waals surface area (Å²) in [5.41, 5.74) is 1.39. The summed E-state index contributed by atoms with van der Waals surface area (Å²) in [7, 11) is 3.04. The molecule has 3 nitrogen and oxygen atoms in total. The molecule has 0 unspecified atom stereocenters. The maximum Gasteiger partial charge on any atom is 0.179 e. The van der Waals surface area contributed by atoms with Crippen molar-refractivity contribution in [3.63, 3.8) is 0 Å². The van der Waals surface area contributed by atoms with Crippen molar-refractivity contribution in [1.82, 2.24) is 0 Å². The number of rotatable bonds is 4. The number of carbonyl (C=O) groups excluding carboxylic acids is 1. The van der Waals surface area contributed by atoms with Crippen molar-refractivity contribution < 1.29 is 14.3 Å². The molecule has 1 aromatic rings. The van der Waals surface area contributed by atoms with E-state index >= 15 is 0 Å². The van der Waals surface area contributed by atoms with Crippen LogP contribution in [0.5, 0.6) is 11.5 Å². The highest BCUT2D eigenvalue weighted by atomic mass is 35.5. The van der Waals surface area contributed by atoms with E-state index in [1.165, 1.54) is 21.1 Å². The smallest absolute Gasteiger partial charge is 0.179 e. The third-order valence-electron chi connectivity index (χ3n) is 2.45. The van der Waals surface area contributed by atoms with E-state index in [2.05, 4.69) is 0 Å². The zero-order valence-electron chi connectivity index (χ0n) is 9.89. The Kier molecular flexibility index (Phi) is 4.19. The number of ketones is 1. The van der Waals surface area contributed by atoms with Crippen molar-refractivity contribution in [1.29, 1.82) is 0 Å². The number of carbonyl (C=O) groups is 1. The number of halogens is 1. The Morgan fingerprint density at radius 1 is 1.38 bits per heavy atom. The fraction of sp³-hybridized carbons (Fsp3) is 0.417. The molecule has 0 heterocycles. The summed E-state index contributed by atoms with van der Waals surface area (Å²) in [5, 5.41) is 0.453. The zero-order valence-corrected chi connectivity index (χ0v) is 10.6. The second kappa shape index (κ2) is 5.21. The molecule has 0 atom stereocenters. The summed E-state index contributed by atoms with van der Waals surface area (Å²) in [6.45, 7) is 3.45. The van der Waals surface area contributed by atoms with Gasteiger partial charge in [0, 0.05) is 5.56 Å². The molecule has 88 valence electrons. The van der Waals surface area contributed by atoms with E-state index in [4.69, 9.17) is 21.1 Å². The van der Waals surface area contributed by atoms with Gasteiger partial charge in [-0.15, -0.1) is 0 Å². The molecule has 0 radical (unpaired) electrons. The summed E-state index contributed by atoms with van der Waals surface area (Å²) in [6.07, 6.45) is 0.675. The molecule has 0 bridgehead atoms. The molecule has 0 saturated carbocycles. The zero-order chi connectivity index (χ0) is 12.3. The third-order valence-corrected chi connectivity index (χ3v) is 2.85. The van der Waals surface area contributed by atoms with Crippen LogP contribution in [0, 0.1) is 0 Å². The maximum atomic E-state index is 11.5. The lowest BCUT2D eigenvalue weighted by atomic mass is 10.0. The molecular weight excluding hydrogens is 228 g/mol. The highest BCUT2D eigenvalue weighted by molar-refractivity contribution is 6.33.